The van der Waals surface area contributed by atoms with Crippen molar-refractivity contribution in [3.8, 4) is 0 Å². The lowest BCUT2D eigenvalue weighted by molar-refractivity contribution is 0.00605. The van der Waals surface area contributed by atoms with Crippen LogP contribution in [0.25, 0.3) is 11.0 Å². The molecule has 6 heteroatoms. The van der Waals surface area contributed by atoms with Crippen molar-refractivity contribution in [3.05, 3.63) is 24.3 Å². The number of rotatable bonds is 6. The number of ether oxygens (including phenoxy) is 2. The van der Waals surface area contributed by atoms with Gasteiger partial charge in [0.2, 0.25) is 0 Å². The summed E-state index contributed by atoms with van der Waals surface area (Å²) < 4.78 is 11.0. The van der Waals surface area contributed by atoms with E-state index in [0.717, 1.165) is 61.7 Å². The smallest absolute Gasteiger partial charge is 0.172 e. The Hall–Kier alpha value is -1.92. The molecule has 1 aromatic heterocycles. The Morgan fingerprint density at radius 1 is 0.852 bits per heavy atom. The van der Waals surface area contributed by atoms with E-state index >= 15 is 0 Å². The van der Waals surface area contributed by atoms with Gasteiger partial charge in [0.05, 0.1) is 30.4 Å². The van der Waals surface area contributed by atoms with Gasteiger partial charge in [0.1, 0.15) is 0 Å². The van der Waals surface area contributed by atoms with E-state index in [1.807, 2.05) is 12.1 Å². The molecule has 1 aromatic carbocycles. The molecule has 4 rings (SSSR count). The van der Waals surface area contributed by atoms with E-state index in [-0.39, 0.29) is 0 Å². The van der Waals surface area contributed by atoms with Crippen molar-refractivity contribution in [2.45, 2.75) is 38.2 Å². The zero-order chi connectivity index (χ0) is 18.5. The third-order valence-corrected chi connectivity index (χ3v) is 5.57. The van der Waals surface area contributed by atoms with Gasteiger partial charge in [-0.2, -0.15) is 0 Å². The van der Waals surface area contributed by atoms with Crippen LogP contribution in [0.1, 0.15) is 32.1 Å². The first-order valence-corrected chi connectivity index (χ1v) is 10.2. The van der Waals surface area contributed by atoms with Gasteiger partial charge >= 0.3 is 0 Å². The maximum atomic E-state index is 5.93. The second kappa shape index (κ2) is 8.85. The van der Waals surface area contributed by atoms with Crippen molar-refractivity contribution in [2.75, 3.05) is 56.3 Å². The molecule has 2 aliphatic heterocycles. The Bertz CT molecular complexity index is 740. The van der Waals surface area contributed by atoms with E-state index in [1.165, 1.54) is 19.3 Å². The second-order valence-electron chi connectivity index (χ2n) is 7.46. The molecular formula is C21H30N4O2. The summed E-state index contributed by atoms with van der Waals surface area (Å²) >= 11 is 0. The molecular weight excluding hydrogens is 340 g/mol. The minimum Gasteiger partial charge on any atom is -0.382 e. The number of hydrogen-bond donors (Lipinski definition) is 0. The zero-order valence-corrected chi connectivity index (χ0v) is 16.3. The van der Waals surface area contributed by atoms with Gasteiger partial charge in [-0.15, -0.1) is 0 Å². The molecule has 0 saturated carbocycles. The molecule has 0 radical (unpaired) electrons. The minimum absolute atomic E-state index is 0.322. The van der Waals surface area contributed by atoms with Crippen molar-refractivity contribution in [3.63, 3.8) is 0 Å². The van der Waals surface area contributed by atoms with E-state index in [4.69, 9.17) is 19.4 Å². The summed E-state index contributed by atoms with van der Waals surface area (Å²) in [5.41, 5.74) is 1.96. The summed E-state index contributed by atoms with van der Waals surface area (Å²) in [4.78, 5) is 14.9. The lowest BCUT2D eigenvalue weighted by atomic mass is 10.1. The molecule has 0 unspecified atom stereocenters. The van der Waals surface area contributed by atoms with Crippen molar-refractivity contribution >= 4 is 22.7 Å². The Kier molecular flexibility index (Phi) is 6.04. The maximum absolute atomic E-state index is 5.93. The van der Waals surface area contributed by atoms with Gasteiger partial charge in [-0.25, -0.2) is 9.97 Å². The van der Waals surface area contributed by atoms with Crippen LogP contribution in [-0.4, -0.2) is 62.6 Å². The fraction of sp³-hybridized carbons (Fsp3) is 0.619. The molecule has 0 atom stereocenters. The topological polar surface area (TPSA) is 50.7 Å². The number of benzene rings is 1. The van der Waals surface area contributed by atoms with E-state index in [9.17, 15) is 0 Å². The number of methoxy groups -OCH3 is 1. The number of nitrogens with zero attached hydrogens (tertiary/aromatic N) is 4. The molecule has 2 saturated heterocycles. The van der Waals surface area contributed by atoms with Crippen LogP contribution in [0.15, 0.2) is 24.3 Å². The third-order valence-electron chi connectivity index (χ3n) is 5.57. The first-order chi connectivity index (χ1) is 13.3. The molecule has 0 aliphatic carbocycles. The van der Waals surface area contributed by atoms with Crippen molar-refractivity contribution in [1.82, 2.24) is 9.97 Å². The van der Waals surface area contributed by atoms with Gasteiger partial charge in [0, 0.05) is 33.3 Å². The third kappa shape index (κ3) is 4.33. The molecule has 2 aliphatic rings. The largest absolute Gasteiger partial charge is 0.382 e. The normalized spacial score (nSPS) is 19.0. The van der Waals surface area contributed by atoms with Crippen LogP contribution >= 0.6 is 0 Å². The van der Waals surface area contributed by atoms with Crippen molar-refractivity contribution < 1.29 is 9.47 Å². The lowest BCUT2D eigenvalue weighted by Gasteiger charge is -2.36. The number of piperidine rings is 2. The number of hydrogen-bond acceptors (Lipinski definition) is 6. The Morgan fingerprint density at radius 3 is 2.04 bits per heavy atom. The van der Waals surface area contributed by atoms with Gasteiger partial charge in [-0.05, 0) is 44.2 Å². The molecule has 2 aromatic rings. The summed E-state index contributed by atoms with van der Waals surface area (Å²) in [6.07, 6.45) is 6.17. The van der Waals surface area contributed by atoms with E-state index in [1.54, 1.807) is 7.11 Å². The van der Waals surface area contributed by atoms with Gasteiger partial charge < -0.3 is 19.3 Å². The highest BCUT2D eigenvalue weighted by Crippen LogP contribution is 2.32. The Morgan fingerprint density at radius 2 is 1.44 bits per heavy atom. The van der Waals surface area contributed by atoms with E-state index in [0.29, 0.717) is 19.3 Å². The van der Waals surface area contributed by atoms with Crippen molar-refractivity contribution in [1.29, 1.82) is 0 Å². The molecule has 27 heavy (non-hydrogen) atoms. The van der Waals surface area contributed by atoms with E-state index < -0.39 is 0 Å². The van der Waals surface area contributed by atoms with Crippen LogP contribution in [0.3, 0.4) is 0 Å². The maximum Gasteiger partial charge on any atom is 0.172 e. The summed E-state index contributed by atoms with van der Waals surface area (Å²) in [7, 11) is 1.71. The quantitative estimate of drug-likeness (QED) is 0.728. The number of para-hydroxylation sites is 2. The van der Waals surface area contributed by atoms with Gasteiger partial charge in [-0.1, -0.05) is 12.1 Å². The molecule has 2 fully saturated rings. The number of anilines is 2. The monoisotopic (exact) mass is 370 g/mol. The summed E-state index contributed by atoms with van der Waals surface area (Å²) in [5.74, 6) is 2.11. The number of aromatic nitrogens is 2. The highest BCUT2D eigenvalue weighted by Gasteiger charge is 2.26. The van der Waals surface area contributed by atoms with Gasteiger partial charge in [0.15, 0.2) is 11.6 Å². The molecule has 0 N–H and O–H groups in total. The highest BCUT2D eigenvalue weighted by atomic mass is 16.5. The van der Waals surface area contributed by atoms with Crippen LogP contribution in [0.2, 0.25) is 0 Å². The van der Waals surface area contributed by atoms with Gasteiger partial charge in [0.25, 0.3) is 0 Å². The average molecular weight is 370 g/mol. The van der Waals surface area contributed by atoms with Crippen LogP contribution in [0.4, 0.5) is 11.6 Å². The average Bonchev–Trinajstić information content (AvgIpc) is 2.74. The minimum atomic E-state index is 0.322. The van der Waals surface area contributed by atoms with Crippen LogP contribution in [-0.2, 0) is 9.47 Å². The summed E-state index contributed by atoms with van der Waals surface area (Å²) in [6, 6.07) is 8.21. The van der Waals surface area contributed by atoms with Gasteiger partial charge in [-0.3, -0.25) is 0 Å². The highest BCUT2D eigenvalue weighted by molar-refractivity contribution is 5.81. The van der Waals surface area contributed by atoms with Crippen LogP contribution < -0.4 is 9.80 Å². The first kappa shape index (κ1) is 18.4. The van der Waals surface area contributed by atoms with Crippen LogP contribution in [0.5, 0.6) is 0 Å². The fourth-order valence-corrected chi connectivity index (χ4v) is 4.04. The molecule has 0 spiro atoms. The summed E-state index contributed by atoms with van der Waals surface area (Å²) in [6.45, 7) is 5.43. The lowest BCUT2D eigenvalue weighted by Crippen LogP contribution is -2.40. The zero-order valence-electron chi connectivity index (χ0n) is 16.3. The van der Waals surface area contributed by atoms with Crippen LogP contribution in [0, 0.1) is 0 Å². The molecule has 0 bridgehead atoms. The standard InChI is InChI=1S/C21H30N4O2/c1-26-15-16-27-17-9-13-25(14-10-17)21-20(24-11-5-2-6-12-24)22-18-7-3-4-8-19(18)23-21/h3-4,7-8,17H,2,5-6,9-16H2,1H3. The summed E-state index contributed by atoms with van der Waals surface area (Å²) in [5, 5.41) is 0. The molecule has 0 amide bonds. The molecule has 3 heterocycles. The molecule has 146 valence electrons. The SMILES string of the molecule is COCCOC1CCN(c2nc3ccccc3nc2N2CCCCC2)CC1. The fourth-order valence-electron chi connectivity index (χ4n) is 4.04. The Labute approximate surface area is 161 Å². The van der Waals surface area contributed by atoms with E-state index in [2.05, 4.69) is 21.9 Å². The predicted molar refractivity (Wildman–Crippen MR) is 109 cm³/mol. The predicted octanol–water partition coefficient (Wildman–Crippen LogP) is 3.25. The molecule has 6 nitrogen and oxygen atoms in total. The number of fused-ring (bicyclic) bond motifs is 1. The first-order valence-electron chi connectivity index (χ1n) is 10.2. The second-order valence-corrected chi connectivity index (χ2v) is 7.46. The Balaban J connectivity index is 1.55. The van der Waals surface area contributed by atoms with Crippen molar-refractivity contribution in [2.24, 2.45) is 0 Å².